The number of aliphatic hydroxyl groups is 1. The summed E-state index contributed by atoms with van der Waals surface area (Å²) < 4.78 is 0. The second-order valence-electron chi connectivity index (χ2n) is 3.24. The van der Waals surface area contributed by atoms with Gasteiger partial charge in [0.2, 0.25) is 0 Å². The van der Waals surface area contributed by atoms with E-state index in [0.29, 0.717) is 5.92 Å². The SMILES string of the molecule is OCCCc1nc(C2CC2)n[nH]1. The first kappa shape index (κ1) is 7.73. The fourth-order valence-electron chi connectivity index (χ4n) is 1.19. The summed E-state index contributed by atoms with van der Waals surface area (Å²) in [6.07, 6.45) is 4.03. The van der Waals surface area contributed by atoms with Gasteiger partial charge >= 0.3 is 0 Å². The summed E-state index contributed by atoms with van der Waals surface area (Å²) in [6, 6.07) is 0. The van der Waals surface area contributed by atoms with Crippen LogP contribution in [0.5, 0.6) is 0 Å². The van der Waals surface area contributed by atoms with Gasteiger partial charge < -0.3 is 5.11 Å². The summed E-state index contributed by atoms with van der Waals surface area (Å²) in [5.41, 5.74) is 0. The van der Waals surface area contributed by atoms with Crippen molar-refractivity contribution in [2.75, 3.05) is 6.61 Å². The van der Waals surface area contributed by atoms with Crippen molar-refractivity contribution in [2.45, 2.75) is 31.6 Å². The number of aliphatic hydroxyl groups excluding tert-OH is 1. The van der Waals surface area contributed by atoms with Gasteiger partial charge in [-0.25, -0.2) is 4.98 Å². The Kier molecular flexibility index (Phi) is 2.08. The maximum Gasteiger partial charge on any atom is 0.153 e. The maximum absolute atomic E-state index is 8.59. The van der Waals surface area contributed by atoms with Crippen LogP contribution in [-0.4, -0.2) is 26.9 Å². The van der Waals surface area contributed by atoms with Crippen molar-refractivity contribution in [3.63, 3.8) is 0 Å². The van der Waals surface area contributed by atoms with Gasteiger partial charge in [0.1, 0.15) is 5.82 Å². The molecule has 2 N–H and O–H groups in total. The molecule has 0 amide bonds. The highest BCUT2D eigenvalue weighted by Gasteiger charge is 2.27. The third kappa shape index (κ3) is 1.64. The van der Waals surface area contributed by atoms with Crippen LogP contribution in [0.15, 0.2) is 0 Å². The monoisotopic (exact) mass is 167 g/mol. The molecular formula is C8H13N3O. The molecule has 0 spiro atoms. The van der Waals surface area contributed by atoms with Crippen LogP contribution in [0.3, 0.4) is 0 Å². The van der Waals surface area contributed by atoms with Crippen LogP contribution in [0.2, 0.25) is 0 Å². The zero-order valence-electron chi connectivity index (χ0n) is 6.95. The van der Waals surface area contributed by atoms with Crippen molar-refractivity contribution >= 4 is 0 Å². The Morgan fingerprint density at radius 3 is 3.00 bits per heavy atom. The molecule has 0 aromatic carbocycles. The molecule has 0 bridgehead atoms. The van der Waals surface area contributed by atoms with E-state index >= 15 is 0 Å². The lowest BCUT2D eigenvalue weighted by Gasteiger charge is -1.89. The molecule has 0 saturated heterocycles. The highest BCUT2D eigenvalue weighted by molar-refractivity contribution is 5.04. The minimum atomic E-state index is 0.222. The molecule has 1 aliphatic rings. The van der Waals surface area contributed by atoms with Gasteiger partial charge in [-0.1, -0.05) is 0 Å². The number of aromatic amines is 1. The Hall–Kier alpha value is -0.900. The summed E-state index contributed by atoms with van der Waals surface area (Å²) >= 11 is 0. The Labute approximate surface area is 71.0 Å². The average Bonchev–Trinajstić information content (AvgIpc) is 2.83. The first-order valence-electron chi connectivity index (χ1n) is 4.42. The largest absolute Gasteiger partial charge is 0.396 e. The molecule has 1 aromatic rings. The Morgan fingerprint density at radius 2 is 2.33 bits per heavy atom. The lowest BCUT2D eigenvalue weighted by molar-refractivity contribution is 0.287. The number of hydrogen-bond donors (Lipinski definition) is 2. The van der Waals surface area contributed by atoms with Gasteiger partial charge in [0, 0.05) is 18.9 Å². The highest BCUT2D eigenvalue weighted by atomic mass is 16.2. The molecule has 0 unspecified atom stereocenters. The van der Waals surface area contributed by atoms with E-state index in [1.807, 2.05) is 0 Å². The van der Waals surface area contributed by atoms with Crippen molar-refractivity contribution in [2.24, 2.45) is 0 Å². The minimum absolute atomic E-state index is 0.222. The number of aromatic nitrogens is 3. The van der Waals surface area contributed by atoms with E-state index in [1.54, 1.807) is 0 Å². The molecule has 66 valence electrons. The van der Waals surface area contributed by atoms with Crippen LogP contribution in [0.25, 0.3) is 0 Å². The molecule has 0 atom stereocenters. The quantitative estimate of drug-likeness (QED) is 0.690. The molecule has 4 heteroatoms. The van der Waals surface area contributed by atoms with E-state index < -0.39 is 0 Å². The zero-order valence-corrected chi connectivity index (χ0v) is 6.95. The highest BCUT2D eigenvalue weighted by Crippen LogP contribution is 2.37. The van der Waals surface area contributed by atoms with E-state index in [4.69, 9.17) is 5.11 Å². The van der Waals surface area contributed by atoms with Crippen molar-refractivity contribution in [1.82, 2.24) is 15.2 Å². The van der Waals surface area contributed by atoms with Crippen LogP contribution >= 0.6 is 0 Å². The van der Waals surface area contributed by atoms with Crippen LogP contribution in [0, 0.1) is 0 Å². The molecular weight excluding hydrogens is 154 g/mol. The third-order valence-corrected chi connectivity index (χ3v) is 2.06. The number of rotatable bonds is 4. The number of aryl methyl sites for hydroxylation is 1. The Bertz CT molecular complexity index is 255. The Morgan fingerprint density at radius 1 is 1.50 bits per heavy atom. The zero-order chi connectivity index (χ0) is 8.39. The summed E-state index contributed by atoms with van der Waals surface area (Å²) in [6.45, 7) is 0.222. The summed E-state index contributed by atoms with van der Waals surface area (Å²) in [7, 11) is 0. The minimum Gasteiger partial charge on any atom is -0.396 e. The first-order chi connectivity index (χ1) is 5.90. The lowest BCUT2D eigenvalue weighted by Crippen LogP contribution is -1.91. The predicted octanol–water partition coefficient (Wildman–Crippen LogP) is 0.607. The van der Waals surface area contributed by atoms with Crippen molar-refractivity contribution in [3.8, 4) is 0 Å². The third-order valence-electron chi connectivity index (χ3n) is 2.06. The van der Waals surface area contributed by atoms with E-state index in [0.717, 1.165) is 24.5 Å². The predicted molar refractivity (Wildman–Crippen MR) is 43.8 cm³/mol. The number of nitrogens with zero attached hydrogens (tertiary/aromatic N) is 2. The smallest absolute Gasteiger partial charge is 0.153 e. The molecule has 2 rings (SSSR count). The molecule has 1 aromatic heterocycles. The molecule has 0 aliphatic heterocycles. The van der Waals surface area contributed by atoms with Crippen LogP contribution in [0.1, 0.15) is 36.8 Å². The molecule has 1 heterocycles. The Balaban J connectivity index is 1.93. The standard InChI is InChI=1S/C8H13N3O/c12-5-1-2-7-9-8(11-10-7)6-3-4-6/h6,12H,1-5H2,(H,9,10,11). The maximum atomic E-state index is 8.59. The second-order valence-corrected chi connectivity index (χ2v) is 3.24. The van der Waals surface area contributed by atoms with E-state index in [1.165, 1.54) is 12.8 Å². The number of nitrogens with one attached hydrogen (secondary N) is 1. The number of hydrogen-bond acceptors (Lipinski definition) is 3. The van der Waals surface area contributed by atoms with Gasteiger partial charge in [-0.05, 0) is 19.3 Å². The van der Waals surface area contributed by atoms with Crippen molar-refractivity contribution < 1.29 is 5.11 Å². The van der Waals surface area contributed by atoms with Crippen LogP contribution in [-0.2, 0) is 6.42 Å². The van der Waals surface area contributed by atoms with Gasteiger partial charge in [-0.3, -0.25) is 5.10 Å². The molecule has 1 fully saturated rings. The van der Waals surface area contributed by atoms with Gasteiger partial charge in [-0.2, -0.15) is 5.10 Å². The van der Waals surface area contributed by atoms with Gasteiger partial charge in [0.25, 0.3) is 0 Å². The van der Waals surface area contributed by atoms with Crippen LogP contribution < -0.4 is 0 Å². The molecule has 0 radical (unpaired) electrons. The van der Waals surface area contributed by atoms with Crippen molar-refractivity contribution in [3.05, 3.63) is 11.6 Å². The second kappa shape index (κ2) is 3.23. The van der Waals surface area contributed by atoms with Gasteiger partial charge in [0.15, 0.2) is 5.82 Å². The van der Waals surface area contributed by atoms with Crippen LogP contribution in [0.4, 0.5) is 0 Å². The fourth-order valence-corrected chi connectivity index (χ4v) is 1.19. The molecule has 4 nitrogen and oxygen atoms in total. The molecule has 1 saturated carbocycles. The number of H-pyrrole nitrogens is 1. The van der Waals surface area contributed by atoms with E-state index in [2.05, 4.69) is 15.2 Å². The summed E-state index contributed by atoms with van der Waals surface area (Å²) in [4.78, 5) is 4.33. The van der Waals surface area contributed by atoms with E-state index in [-0.39, 0.29) is 6.61 Å². The fraction of sp³-hybridized carbons (Fsp3) is 0.750. The van der Waals surface area contributed by atoms with E-state index in [9.17, 15) is 0 Å². The average molecular weight is 167 g/mol. The summed E-state index contributed by atoms with van der Waals surface area (Å²) in [5.74, 6) is 2.48. The van der Waals surface area contributed by atoms with Crippen molar-refractivity contribution in [1.29, 1.82) is 0 Å². The topological polar surface area (TPSA) is 61.8 Å². The molecule has 12 heavy (non-hydrogen) atoms. The van der Waals surface area contributed by atoms with Gasteiger partial charge in [-0.15, -0.1) is 0 Å². The molecule has 1 aliphatic carbocycles. The summed E-state index contributed by atoms with van der Waals surface area (Å²) in [5, 5.41) is 15.6. The van der Waals surface area contributed by atoms with Gasteiger partial charge in [0.05, 0.1) is 0 Å². The normalized spacial score (nSPS) is 16.8. The lowest BCUT2D eigenvalue weighted by atomic mass is 10.3. The first-order valence-corrected chi connectivity index (χ1v) is 4.42.